The van der Waals surface area contributed by atoms with Crippen LogP contribution in [0.3, 0.4) is 0 Å². The normalized spacial score (nSPS) is 19.7. The molecule has 0 atom stereocenters. The average molecular weight is 367 g/mol. The summed E-state index contributed by atoms with van der Waals surface area (Å²) in [6.45, 7) is 2.59. The van der Waals surface area contributed by atoms with Crippen LogP contribution in [0.15, 0.2) is 24.3 Å². The van der Waals surface area contributed by atoms with E-state index in [1.54, 1.807) is 26.2 Å². The SMILES string of the molecule is CN(C)S(=O)(=O)N1CCC(Oc2ccc(C(=O)N3CCC3)cc2)CC1. The van der Waals surface area contributed by atoms with Gasteiger partial charge in [-0.25, -0.2) is 0 Å². The van der Waals surface area contributed by atoms with Gasteiger partial charge in [0.05, 0.1) is 0 Å². The molecule has 1 aromatic carbocycles. The Morgan fingerprint density at radius 2 is 1.68 bits per heavy atom. The van der Waals surface area contributed by atoms with E-state index < -0.39 is 10.2 Å². The quantitative estimate of drug-likeness (QED) is 0.784. The number of hydrogen-bond acceptors (Lipinski definition) is 4. The molecule has 2 saturated heterocycles. The average Bonchev–Trinajstić information content (AvgIpc) is 2.54. The van der Waals surface area contributed by atoms with E-state index in [1.165, 1.54) is 8.61 Å². The number of rotatable bonds is 5. The lowest BCUT2D eigenvalue weighted by Gasteiger charge is -2.33. The lowest BCUT2D eigenvalue weighted by molar-refractivity contribution is 0.0651. The molecule has 2 fully saturated rings. The van der Waals surface area contributed by atoms with Crippen molar-refractivity contribution < 1.29 is 17.9 Å². The van der Waals surface area contributed by atoms with Gasteiger partial charge in [0, 0.05) is 45.8 Å². The van der Waals surface area contributed by atoms with Gasteiger partial charge in [0.15, 0.2) is 0 Å². The Bertz CT molecular complexity index is 706. The van der Waals surface area contributed by atoms with E-state index in [-0.39, 0.29) is 12.0 Å². The van der Waals surface area contributed by atoms with E-state index in [0.717, 1.165) is 19.5 Å². The van der Waals surface area contributed by atoms with Crippen molar-refractivity contribution in [3.8, 4) is 5.75 Å². The fourth-order valence-corrected chi connectivity index (χ4v) is 4.12. The molecule has 3 rings (SSSR count). The predicted molar refractivity (Wildman–Crippen MR) is 94.8 cm³/mol. The number of benzene rings is 1. The summed E-state index contributed by atoms with van der Waals surface area (Å²) in [4.78, 5) is 14.0. The highest BCUT2D eigenvalue weighted by Crippen LogP contribution is 2.22. The topological polar surface area (TPSA) is 70.2 Å². The smallest absolute Gasteiger partial charge is 0.281 e. The Hall–Kier alpha value is -1.64. The number of carbonyl (C=O) groups is 1. The number of ether oxygens (including phenoxy) is 1. The van der Waals surface area contributed by atoms with Crippen LogP contribution in [0.1, 0.15) is 29.6 Å². The summed E-state index contributed by atoms with van der Waals surface area (Å²) in [6, 6.07) is 7.22. The van der Waals surface area contributed by atoms with Crippen LogP contribution in [0.25, 0.3) is 0 Å². The van der Waals surface area contributed by atoms with Gasteiger partial charge in [0.2, 0.25) is 0 Å². The fourth-order valence-electron chi connectivity index (χ4n) is 2.98. The van der Waals surface area contributed by atoms with Crippen LogP contribution in [0.4, 0.5) is 0 Å². The van der Waals surface area contributed by atoms with Gasteiger partial charge in [-0.15, -0.1) is 0 Å². The third-order valence-electron chi connectivity index (χ3n) is 4.74. The highest BCUT2D eigenvalue weighted by molar-refractivity contribution is 7.86. The standard InChI is InChI=1S/C17H25N3O4S/c1-18(2)25(22,23)20-12-8-16(9-13-20)24-15-6-4-14(5-7-15)17(21)19-10-3-11-19/h4-7,16H,3,8-13H2,1-2H3. The van der Waals surface area contributed by atoms with Gasteiger partial charge in [-0.1, -0.05) is 0 Å². The van der Waals surface area contributed by atoms with Crippen LogP contribution in [0, 0.1) is 0 Å². The van der Waals surface area contributed by atoms with Gasteiger partial charge in [0.25, 0.3) is 16.1 Å². The van der Waals surface area contributed by atoms with E-state index in [4.69, 9.17) is 4.74 Å². The van der Waals surface area contributed by atoms with Crippen LogP contribution >= 0.6 is 0 Å². The largest absolute Gasteiger partial charge is 0.490 e. The van der Waals surface area contributed by atoms with Crippen molar-refractivity contribution in [3.63, 3.8) is 0 Å². The zero-order valence-electron chi connectivity index (χ0n) is 14.7. The van der Waals surface area contributed by atoms with Gasteiger partial charge in [0.1, 0.15) is 11.9 Å². The summed E-state index contributed by atoms with van der Waals surface area (Å²) in [5.74, 6) is 0.786. The van der Waals surface area contributed by atoms with Crippen molar-refractivity contribution in [1.29, 1.82) is 0 Å². The van der Waals surface area contributed by atoms with E-state index in [9.17, 15) is 13.2 Å². The number of carbonyl (C=O) groups excluding carboxylic acids is 1. The molecule has 2 heterocycles. The molecule has 0 saturated carbocycles. The molecule has 138 valence electrons. The van der Waals surface area contributed by atoms with Gasteiger partial charge < -0.3 is 9.64 Å². The predicted octanol–water partition coefficient (Wildman–Crippen LogP) is 1.18. The Balaban J connectivity index is 1.53. The first kappa shape index (κ1) is 18.2. The summed E-state index contributed by atoms with van der Waals surface area (Å²) < 4.78 is 32.9. The number of likely N-dealkylation sites (tertiary alicyclic amines) is 1. The molecule has 0 N–H and O–H groups in total. The summed E-state index contributed by atoms with van der Waals surface area (Å²) in [6.07, 6.45) is 2.38. The van der Waals surface area contributed by atoms with E-state index in [0.29, 0.717) is 37.2 Å². The minimum atomic E-state index is -3.35. The summed E-state index contributed by atoms with van der Waals surface area (Å²) in [7, 11) is -0.262. The van der Waals surface area contributed by atoms with Gasteiger partial charge in [-0.05, 0) is 43.5 Å². The molecule has 2 aliphatic rings. The van der Waals surface area contributed by atoms with Gasteiger partial charge >= 0.3 is 0 Å². The molecule has 7 nitrogen and oxygen atoms in total. The second kappa shape index (κ2) is 7.31. The van der Waals surface area contributed by atoms with Crippen molar-refractivity contribution in [1.82, 2.24) is 13.5 Å². The van der Waals surface area contributed by atoms with Crippen molar-refractivity contribution in [2.75, 3.05) is 40.3 Å². The minimum absolute atomic E-state index is 0.00875. The molecule has 1 amide bonds. The fraction of sp³-hybridized carbons (Fsp3) is 0.588. The molecular weight excluding hydrogens is 342 g/mol. The zero-order valence-corrected chi connectivity index (χ0v) is 15.5. The Morgan fingerprint density at radius 3 is 2.16 bits per heavy atom. The maximum absolute atomic E-state index is 12.1. The second-order valence-electron chi connectivity index (χ2n) is 6.68. The molecule has 25 heavy (non-hydrogen) atoms. The molecule has 0 radical (unpaired) electrons. The number of nitrogens with zero attached hydrogens (tertiary/aromatic N) is 3. The summed E-state index contributed by atoms with van der Waals surface area (Å²) in [5.41, 5.74) is 0.680. The first-order valence-electron chi connectivity index (χ1n) is 8.61. The number of piperidine rings is 1. The number of amides is 1. The van der Waals surface area contributed by atoms with Crippen LogP contribution in [0.5, 0.6) is 5.75 Å². The lowest BCUT2D eigenvalue weighted by atomic mass is 10.1. The molecule has 0 spiro atoms. The van der Waals surface area contributed by atoms with Crippen LogP contribution in [0.2, 0.25) is 0 Å². The maximum Gasteiger partial charge on any atom is 0.281 e. The molecular formula is C17H25N3O4S. The van der Waals surface area contributed by atoms with Gasteiger partial charge in [-0.2, -0.15) is 17.0 Å². The van der Waals surface area contributed by atoms with E-state index in [2.05, 4.69) is 0 Å². The second-order valence-corrected chi connectivity index (χ2v) is 8.82. The highest BCUT2D eigenvalue weighted by Gasteiger charge is 2.30. The first-order valence-corrected chi connectivity index (χ1v) is 10.0. The lowest BCUT2D eigenvalue weighted by Crippen LogP contribution is -2.46. The maximum atomic E-state index is 12.1. The Morgan fingerprint density at radius 1 is 1.08 bits per heavy atom. The van der Waals surface area contributed by atoms with Crippen molar-refractivity contribution >= 4 is 16.1 Å². The molecule has 0 aromatic heterocycles. The highest BCUT2D eigenvalue weighted by atomic mass is 32.2. The van der Waals surface area contributed by atoms with Crippen molar-refractivity contribution in [3.05, 3.63) is 29.8 Å². The molecule has 0 aliphatic carbocycles. The third kappa shape index (κ3) is 3.96. The minimum Gasteiger partial charge on any atom is -0.490 e. The van der Waals surface area contributed by atoms with Gasteiger partial charge in [-0.3, -0.25) is 4.79 Å². The van der Waals surface area contributed by atoms with Crippen LogP contribution in [-0.4, -0.2) is 74.2 Å². The van der Waals surface area contributed by atoms with E-state index >= 15 is 0 Å². The molecule has 0 unspecified atom stereocenters. The van der Waals surface area contributed by atoms with Crippen molar-refractivity contribution in [2.45, 2.75) is 25.4 Å². The molecule has 8 heteroatoms. The molecule has 2 aliphatic heterocycles. The zero-order chi connectivity index (χ0) is 18.0. The Labute approximate surface area is 149 Å². The monoisotopic (exact) mass is 367 g/mol. The number of hydrogen-bond donors (Lipinski definition) is 0. The molecule has 0 bridgehead atoms. The molecule has 1 aromatic rings. The van der Waals surface area contributed by atoms with Crippen molar-refractivity contribution in [2.24, 2.45) is 0 Å². The third-order valence-corrected chi connectivity index (χ3v) is 6.68. The van der Waals surface area contributed by atoms with Crippen LogP contribution in [-0.2, 0) is 10.2 Å². The summed E-state index contributed by atoms with van der Waals surface area (Å²) >= 11 is 0. The Kier molecular flexibility index (Phi) is 5.31. The van der Waals surface area contributed by atoms with Crippen LogP contribution < -0.4 is 4.74 Å². The summed E-state index contributed by atoms with van der Waals surface area (Å²) in [5, 5.41) is 0. The van der Waals surface area contributed by atoms with E-state index in [1.807, 2.05) is 17.0 Å². The first-order chi connectivity index (χ1) is 11.9.